The minimum atomic E-state index is -0.887. The van der Waals surface area contributed by atoms with Gasteiger partial charge in [0, 0.05) is 12.7 Å². The van der Waals surface area contributed by atoms with Gasteiger partial charge in [-0.05, 0) is 18.8 Å². The van der Waals surface area contributed by atoms with Crippen LogP contribution < -0.4 is 5.32 Å². The van der Waals surface area contributed by atoms with Crippen molar-refractivity contribution in [2.75, 3.05) is 5.32 Å². The number of carbonyl (C=O) groups is 1. The molecule has 0 saturated heterocycles. The monoisotopic (exact) mass is 295 g/mol. The predicted octanol–water partition coefficient (Wildman–Crippen LogP) is 3.20. The fraction of sp³-hybridized carbons (Fsp3) is 0.750. The Labute approximate surface area is 127 Å². The second kappa shape index (κ2) is 8.17. The number of nitrogens with zero attached hydrogens (tertiary/aromatic N) is 2. The van der Waals surface area contributed by atoms with Crippen molar-refractivity contribution in [3.05, 3.63) is 12.4 Å². The summed E-state index contributed by atoms with van der Waals surface area (Å²) in [5.74, 6) is 0.358. The van der Waals surface area contributed by atoms with Gasteiger partial charge in [-0.25, -0.2) is 0 Å². The van der Waals surface area contributed by atoms with Gasteiger partial charge in [0.05, 0.1) is 23.9 Å². The van der Waals surface area contributed by atoms with Crippen LogP contribution in [0.5, 0.6) is 0 Å². The van der Waals surface area contributed by atoms with Crippen LogP contribution in [0.1, 0.15) is 59.8 Å². The van der Waals surface area contributed by atoms with E-state index in [-0.39, 0.29) is 12.3 Å². The minimum Gasteiger partial charge on any atom is -0.389 e. The fourth-order valence-electron chi connectivity index (χ4n) is 2.64. The number of rotatable bonds is 9. The first-order valence-electron chi connectivity index (χ1n) is 7.93. The SMILES string of the molecule is CCCC(O)(CCC)CC(=O)Nc1cnn(CC(C)C)c1. The summed E-state index contributed by atoms with van der Waals surface area (Å²) in [6.45, 7) is 9.11. The molecular formula is C16H29N3O2. The maximum Gasteiger partial charge on any atom is 0.227 e. The molecule has 1 aromatic rings. The summed E-state index contributed by atoms with van der Waals surface area (Å²) in [5.41, 5.74) is -0.197. The van der Waals surface area contributed by atoms with E-state index < -0.39 is 5.60 Å². The molecule has 5 heteroatoms. The lowest BCUT2D eigenvalue weighted by Crippen LogP contribution is -2.33. The molecule has 0 aromatic carbocycles. The van der Waals surface area contributed by atoms with Crippen molar-refractivity contribution < 1.29 is 9.90 Å². The number of amides is 1. The van der Waals surface area contributed by atoms with Crippen LogP contribution in [0.4, 0.5) is 5.69 Å². The van der Waals surface area contributed by atoms with Crippen molar-refractivity contribution in [3.8, 4) is 0 Å². The molecule has 5 nitrogen and oxygen atoms in total. The van der Waals surface area contributed by atoms with E-state index in [0.717, 1.165) is 19.4 Å². The highest BCUT2D eigenvalue weighted by atomic mass is 16.3. The minimum absolute atomic E-state index is 0.143. The molecular weight excluding hydrogens is 266 g/mol. The molecule has 0 aliphatic heterocycles. The van der Waals surface area contributed by atoms with Crippen LogP contribution in [0.25, 0.3) is 0 Å². The van der Waals surface area contributed by atoms with E-state index in [1.807, 2.05) is 24.7 Å². The highest BCUT2D eigenvalue weighted by Crippen LogP contribution is 2.24. The molecule has 0 bridgehead atoms. The number of aliphatic hydroxyl groups is 1. The Kier molecular flexibility index (Phi) is 6.89. The Morgan fingerprint density at radius 1 is 1.38 bits per heavy atom. The second-order valence-electron chi connectivity index (χ2n) is 6.29. The molecule has 0 unspecified atom stereocenters. The number of hydrogen-bond acceptors (Lipinski definition) is 3. The van der Waals surface area contributed by atoms with Gasteiger partial charge in [0.15, 0.2) is 0 Å². The van der Waals surface area contributed by atoms with Crippen molar-refractivity contribution in [2.45, 2.75) is 71.9 Å². The lowest BCUT2D eigenvalue weighted by Gasteiger charge is -2.26. The van der Waals surface area contributed by atoms with Gasteiger partial charge in [-0.15, -0.1) is 0 Å². The molecule has 0 spiro atoms. The topological polar surface area (TPSA) is 67.2 Å². The standard InChI is InChI=1S/C16H29N3O2/c1-5-7-16(21,8-6-2)9-15(20)18-14-10-17-19(12-14)11-13(3)4/h10,12-13,21H,5-9,11H2,1-4H3,(H,18,20). The Morgan fingerprint density at radius 2 is 2.00 bits per heavy atom. The van der Waals surface area contributed by atoms with Gasteiger partial charge in [-0.1, -0.05) is 40.5 Å². The molecule has 0 atom stereocenters. The molecule has 1 heterocycles. The normalized spacial score (nSPS) is 11.9. The van der Waals surface area contributed by atoms with Gasteiger partial charge in [0.2, 0.25) is 5.91 Å². The third-order valence-corrected chi connectivity index (χ3v) is 3.39. The molecule has 1 aromatic heterocycles. The van der Waals surface area contributed by atoms with E-state index >= 15 is 0 Å². The van der Waals surface area contributed by atoms with Crippen LogP contribution in [-0.4, -0.2) is 26.4 Å². The number of hydrogen-bond donors (Lipinski definition) is 2. The first-order chi connectivity index (χ1) is 9.88. The average molecular weight is 295 g/mol. The lowest BCUT2D eigenvalue weighted by molar-refractivity contribution is -0.121. The Morgan fingerprint density at radius 3 is 2.52 bits per heavy atom. The quantitative estimate of drug-likeness (QED) is 0.735. The highest BCUT2D eigenvalue weighted by Gasteiger charge is 2.28. The second-order valence-corrected chi connectivity index (χ2v) is 6.29. The van der Waals surface area contributed by atoms with Crippen molar-refractivity contribution in [1.82, 2.24) is 9.78 Å². The Balaban J connectivity index is 2.57. The highest BCUT2D eigenvalue weighted by molar-refractivity contribution is 5.91. The van der Waals surface area contributed by atoms with E-state index in [0.29, 0.717) is 24.4 Å². The summed E-state index contributed by atoms with van der Waals surface area (Å²) in [5, 5.41) is 17.5. The van der Waals surface area contributed by atoms with Gasteiger partial charge in [-0.3, -0.25) is 9.48 Å². The fourth-order valence-corrected chi connectivity index (χ4v) is 2.64. The predicted molar refractivity (Wildman–Crippen MR) is 85.1 cm³/mol. The molecule has 120 valence electrons. The van der Waals surface area contributed by atoms with Crippen molar-refractivity contribution in [2.24, 2.45) is 5.92 Å². The van der Waals surface area contributed by atoms with E-state index in [9.17, 15) is 9.90 Å². The Bertz CT molecular complexity index is 434. The molecule has 0 fully saturated rings. The summed E-state index contributed by atoms with van der Waals surface area (Å²) in [7, 11) is 0. The van der Waals surface area contributed by atoms with Crippen LogP contribution in [0.15, 0.2) is 12.4 Å². The largest absolute Gasteiger partial charge is 0.389 e. The van der Waals surface area contributed by atoms with E-state index in [4.69, 9.17) is 0 Å². The molecule has 0 radical (unpaired) electrons. The van der Waals surface area contributed by atoms with Crippen molar-refractivity contribution in [1.29, 1.82) is 0 Å². The lowest BCUT2D eigenvalue weighted by atomic mass is 9.89. The summed E-state index contributed by atoms with van der Waals surface area (Å²) < 4.78 is 1.82. The molecule has 0 aliphatic rings. The third kappa shape index (κ3) is 6.29. The van der Waals surface area contributed by atoms with Crippen LogP contribution in [0.2, 0.25) is 0 Å². The summed E-state index contributed by atoms with van der Waals surface area (Å²) in [4.78, 5) is 12.1. The zero-order valence-electron chi connectivity index (χ0n) is 13.7. The molecule has 0 saturated carbocycles. The number of anilines is 1. The van der Waals surface area contributed by atoms with Gasteiger partial charge >= 0.3 is 0 Å². The van der Waals surface area contributed by atoms with Gasteiger partial charge < -0.3 is 10.4 Å². The van der Waals surface area contributed by atoms with E-state index in [1.165, 1.54) is 0 Å². The summed E-state index contributed by atoms with van der Waals surface area (Å²) >= 11 is 0. The zero-order chi connectivity index (χ0) is 15.9. The van der Waals surface area contributed by atoms with Gasteiger partial charge in [0.1, 0.15) is 0 Å². The van der Waals surface area contributed by atoms with Crippen LogP contribution in [0.3, 0.4) is 0 Å². The molecule has 1 amide bonds. The molecule has 1 rings (SSSR count). The molecule has 2 N–H and O–H groups in total. The number of aromatic nitrogens is 2. The first-order valence-corrected chi connectivity index (χ1v) is 7.93. The number of nitrogens with one attached hydrogen (secondary N) is 1. The van der Waals surface area contributed by atoms with Crippen molar-refractivity contribution in [3.63, 3.8) is 0 Å². The molecule has 21 heavy (non-hydrogen) atoms. The first kappa shape index (κ1) is 17.7. The van der Waals surface area contributed by atoms with E-state index in [2.05, 4.69) is 24.3 Å². The molecule has 0 aliphatic carbocycles. The Hall–Kier alpha value is -1.36. The third-order valence-electron chi connectivity index (χ3n) is 3.39. The maximum absolute atomic E-state index is 12.1. The van der Waals surface area contributed by atoms with Gasteiger partial charge in [-0.2, -0.15) is 5.10 Å². The van der Waals surface area contributed by atoms with E-state index in [1.54, 1.807) is 6.20 Å². The summed E-state index contributed by atoms with van der Waals surface area (Å²) in [6.07, 6.45) is 6.67. The smallest absolute Gasteiger partial charge is 0.227 e. The zero-order valence-corrected chi connectivity index (χ0v) is 13.7. The van der Waals surface area contributed by atoms with Crippen LogP contribution in [-0.2, 0) is 11.3 Å². The maximum atomic E-state index is 12.1. The summed E-state index contributed by atoms with van der Waals surface area (Å²) in [6, 6.07) is 0. The number of carbonyl (C=O) groups excluding carboxylic acids is 1. The average Bonchev–Trinajstić information content (AvgIpc) is 2.75. The van der Waals surface area contributed by atoms with Crippen molar-refractivity contribution >= 4 is 11.6 Å². The van der Waals surface area contributed by atoms with Crippen LogP contribution >= 0.6 is 0 Å². The van der Waals surface area contributed by atoms with Crippen LogP contribution in [0, 0.1) is 5.92 Å². The van der Waals surface area contributed by atoms with Gasteiger partial charge in [0.25, 0.3) is 0 Å².